The van der Waals surface area contributed by atoms with Gasteiger partial charge in [0, 0.05) is 12.6 Å². The SMILES string of the molecule is CCCCC(N)C1(OCC)CCCC(C)C1. The van der Waals surface area contributed by atoms with Crippen molar-refractivity contribution in [1.29, 1.82) is 0 Å². The van der Waals surface area contributed by atoms with Crippen molar-refractivity contribution in [3.05, 3.63) is 0 Å². The van der Waals surface area contributed by atoms with E-state index in [0.717, 1.165) is 31.8 Å². The number of unbranched alkanes of at least 4 members (excludes halogenated alkanes) is 1. The first kappa shape index (κ1) is 14.0. The topological polar surface area (TPSA) is 35.2 Å². The Morgan fingerprint density at radius 2 is 2.19 bits per heavy atom. The molecule has 1 aliphatic carbocycles. The van der Waals surface area contributed by atoms with Crippen LogP contribution in [0, 0.1) is 5.92 Å². The predicted octanol–water partition coefficient (Wildman–Crippen LogP) is 3.49. The van der Waals surface area contributed by atoms with E-state index in [0.29, 0.717) is 0 Å². The lowest BCUT2D eigenvalue weighted by Gasteiger charge is -2.44. The van der Waals surface area contributed by atoms with Gasteiger partial charge >= 0.3 is 0 Å². The molecule has 0 aliphatic heterocycles. The van der Waals surface area contributed by atoms with Crippen LogP contribution in [0.2, 0.25) is 0 Å². The zero-order chi connectivity index (χ0) is 12.0. The number of nitrogens with two attached hydrogens (primary N) is 1. The van der Waals surface area contributed by atoms with E-state index in [1.807, 2.05) is 0 Å². The summed E-state index contributed by atoms with van der Waals surface area (Å²) in [5, 5.41) is 0. The van der Waals surface area contributed by atoms with Crippen molar-refractivity contribution in [3.63, 3.8) is 0 Å². The molecule has 0 spiro atoms. The Labute approximate surface area is 101 Å². The van der Waals surface area contributed by atoms with Gasteiger partial charge in [0.25, 0.3) is 0 Å². The van der Waals surface area contributed by atoms with Crippen molar-refractivity contribution in [3.8, 4) is 0 Å². The molecule has 16 heavy (non-hydrogen) atoms. The number of rotatable bonds is 6. The Balaban J connectivity index is 2.62. The highest BCUT2D eigenvalue weighted by atomic mass is 16.5. The van der Waals surface area contributed by atoms with Gasteiger partial charge in [0.1, 0.15) is 0 Å². The van der Waals surface area contributed by atoms with E-state index in [1.165, 1.54) is 25.7 Å². The van der Waals surface area contributed by atoms with Gasteiger partial charge < -0.3 is 10.5 Å². The van der Waals surface area contributed by atoms with E-state index in [4.69, 9.17) is 10.5 Å². The van der Waals surface area contributed by atoms with Crippen molar-refractivity contribution >= 4 is 0 Å². The lowest BCUT2D eigenvalue weighted by molar-refractivity contribution is -0.0942. The molecule has 3 unspecified atom stereocenters. The van der Waals surface area contributed by atoms with Crippen LogP contribution in [0.5, 0.6) is 0 Å². The Morgan fingerprint density at radius 3 is 2.75 bits per heavy atom. The van der Waals surface area contributed by atoms with Gasteiger partial charge in [0.15, 0.2) is 0 Å². The quantitative estimate of drug-likeness (QED) is 0.754. The highest BCUT2D eigenvalue weighted by molar-refractivity contribution is 4.95. The molecular formula is C14H29NO. The number of hydrogen-bond acceptors (Lipinski definition) is 2. The fourth-order valence-electron chi connectivity index (χ4n) is 3.09. The zero-order valence-corrected chi connectivity index (χ0v) is 11.3. The monoisotopic (exact) mass is 227 g/mol. The lowest BCUT2D eigenvalue weighted by Crippen LogP contribution is -2.52. The van der Waals surface area contributed by atoms with Crippen molar-refractivity contribution in [2.24, 2.45) is 11.7 Å². The van der Waals surface area contributed by atoms with Gasteiger partial charge in [-0.25, -0.2) is 0 Å². The molecule has 96 valence electrons. The van der Waals surface area contributed by atoms with Crippen molar-refractivity contribution in [1.82, 2.24) is 0 Å². The molecule has 0 saturated heterocycles. The summed E-state index contributed by atoms with van der Waals surface area (Å²) in [7, 11) is 0. The number of ether oxygens (including phenoxy) is 1. The van der Waals surface area contributed by atoms with Crippen LogP contribution in [-0.4, -0.2) is 18.2 Å². The maximum absolute atomic E-state index is 6.39. The van der Waals surface area contributed by atoms with Gasteiger partial charge in [0.05, 0.1) is 5.60 Å². The van der Waals surface area contributed by atoms with Crippen LogP contribution in [-0.2, 0) is 4.74 Å². The van der Waals surface area contributed by atoms with Crippen LogP contribution in [0.4, 0.5) is 0 Å². The van der Waals surface area contributed by atoms with Gasteiger partial charge in [-0.15, -0.1) is 0 Å². The summed E-state index contributed by atoms with van der Waals surface area (Å²) in [6, 6.07) is 0.232. The van der Waals surface area contributed by atoms with Gasteiger partial charge in [-0.2, -0.15) is 0 Å². The van der Waals surface area contributed by atoms with E-state index in [9.17, 15) is 0 Å². The largest absolute Gasteiger partial charge is 0.374 e. The summed E-state index contributed by atoms with van der Waals surface area (Å²) in [4.78, 5) is 0. The molecule has 0 amide bonds. The Morgan fingerprint density at radius 1 is 1.44 bits per heavy atom. The van der Waals surface area contributed by atoms with E-state index in [1.54, 1.807) is 0 Å². The minimum atomic E-state index is -0.0123. The third kappa shape index (κ3) is 3.46. The zero-order valence-electron chi connectivity index (χ0n) is 11.3. The van der Waals surface area contributed by atoms with E-state index < -0.39 is 0 Å². The molecule has 1 fully saturated rings. The van der Waals surface area contributed by atoms with Crippen molar-refractivity contribution < 1.29 is 4.74 Å². The Kier molecular flexibility index (Phi) is 5.77. The smallest absolute Gasteiger partial charge is 0.0835 e. The second kappa shape index (κ2) is 6.61. The third-order valence-corrected chi connectivity index (χ3v) is 3.97. The van der Waals surface area contributed by atoms with E-state index in [2.05, 4.69) is 20.8 Å². The Bertz CT molecular complexity index is 191. The highest BCUT2D eigenvalue weighted by Gasteiger charge is 2.40. The van der Waals surface area contributed by atoms with Crippen LogP contribution in [0.3, 0.4) is 0 Å². The molecular weight excluding hydrogens is 198 g/mol. The molecule has 0 aromatic heterocycles. The van der Waals surface area contributed by atoms with Crippen LogP contribution in [0.15, 0.2) is 0 Å². The summed E-state index contributed by atoms with van der Waals surface area (Å²) in [5.74, 6) is 0.771. The molecule has 0 radical (unpaired) electrons. The van der Waals surface area contributed by atoms with E-state index in [-0.39, 0.29) is 11.6 Å². The molecule has 1 saturated carbocycles. The summed E-state index contributed by atoms with van der Waals surface area (Å²) in [6.07, 6.45) is 8.51. The fourth-order valence-corrected chi connectivity index (χ4v) is 3.09. The van der Waals surface area contributed by atoms with Gasteiger partial charge in [-0.05, 0) is 32.1 Å². The van der Waals surface area contributed by atoms with Gasteiger partial charge in [-0.1, -0.05) is 39.5 Å². The van der Waals surface area contributed by atoms with Crippen molar-refractivity contribution in [2.45, 2.75) is 77.4 Å². The molecule has 1 rings (SSSR count). The van der Waals surface area contributed by atoms with Crippen LogP contribution >= 0.6 is 0 Å². The summed E-state index contributed by atoms with van der Waals surface area (Å²) >= 11 is 0. The van der Waals surface area contributed by atoms with Crippen LogP contribution in [0.25, 0.3) is 0 Å². The summed E-state index contributed by atoms with van der Waals surface area (Å²) < 4.78 is 6.07. The standard InChI is InChI=1S/C14H29NO/c1-4-6-9-13(15)14(16-5-2)10-7-8-12(3)11-14/h12-13H,4-11,15H2,1-3H3. The molecule has 0 bridgehead atoms. The molecule has 0 heterocycles. The van der Waals surface area contributed by atoms with Crippen LogP contribution < -0.4 is 5.73 Å². The van der Waals surface area contributed by atoms with Gasteiger partial charge in [-0.3, -0.25) is 0 Å². The molecule has 1 aliphatic rings. The first-order valence-corrected chi connectivity index (χ1v) is 7.04. The third-order valence-electron chi connectivity index (χ3n) is 3.97. The van der Waals surface area contributed by atoms with Gasteiger partial charge in [0.2, 0.25) is 0 Å². The summed E-state index contributed by atoms with van der Waals surface area (Å²) in [5.41, 5.74) is 6.38. The molecule has 0 aromatic rings. The predicted molar refractivity (Wildman–Crippen MR) is 69.5 cm³/mol. The first-order chi connectivity index (χ1) is 7.64. The maximum atomic E-state index is 6.39. The first-order valence-electron chi connectivity index (χ1n) is 7.04. The molecule has 2 N–H and O–H groups in total. The number of hydrogen-bond donors (Lipinski definition) is 1. The Hall–Kier alpha value is -0.0800. The minimum absolute atomic E-state index is 0.0123. The normalized spacial score (nSPS) is 32.6. The van der Waals surface area contributed by atoms with E-state index >= 15 is 0 Å². The maximum Gasteiger partial charge on any atom is 0.0835 e. The molecule has 2 nitrogen and oxygen atoms in total. The van der Waals surface area contributed by atoms with Crippen molar-refractivity contribution in [2.75, 3.05) is 6.61 Å². The average molecular weight is 227 g/mol. The summed E-state index contributed by atoms with van der Waals surface area (Å²) in [6.45, 7) is 7.45. The molecule has 2 heteroatoms. The average Bonchev–Trinajstić information content (AvgIpc) is 2.26. The lowest BCUT2D eigenvalue weighted by atomic mass is 9.73. The second-order valence-electron chi connectivity index (χ2n) is 5.45. The second-order valence-corrected chi connectivity index (χ2v) is 5.45. The van der Waals surface area contributed by atoms with Crippen LogP contribution in [0.1, 0.15) is 65.7 Å². The fraction of sp³-hybridized carbons (Fsp3) is 1.00. The minimum Gasteiger partial charge on any atom is -0.374 e. The molecule has 0 aromatic carbocycles. The molecule has 3 atom stereocenters. The highest BCUT2D eigenvalue weighted by Crippen LogP contribution is 2.38.